The molecule has 0 saturated carbocycles. The lowest BCUT2D eigenvalue weighted by atomic mass is 10.2. The molecular weight excluding hydrogens is 376 g/mol. The molecule has 0 radical (unpaired) electrons. The topological polar surface area (TPSA) is 81.5 Å². The van der Waals surface area contributed by atoms with Gasteiger partial charge in [0, 0.05) is 23.1 Å². The standard InChI is InChI=1S/C21H22N2O4S/c1-3-26-18-10-8-14(12-19(18)27-4-2)21-23-17(13-28-21)16-7-5-6-15(22-16)9-11-20(24)25/h5-8,10,12-13H,3-4,9,11H2,1-2H3,(H,24,25). The molecule has 0 fully saturated rings. The number of ether oxygens (including phenoxy) is 2. The third-order valence-electron chi connectivity index (χ3n) is 3.96. The molecule has 6 nitrogen and oxygen atoms in total. The van der Waals surface area contributed by atoms with Crippen LogP contribution in [0.5, 0.6) is 11.5 Å². The van der Waals surface area contributed by atoms with Gasteiger partial charge in [-0.1, -0.05) is 6.07 Å². The Morgan fingerprint density at radius 2 is 1.82 bits per heavy atom. The molecule has 0 aliphatic heterocycles. The van der Waals surface area contributed by atoms with Crippen molar-refractivity contribution in [2.24, 2.45) is 0 Å². The minimum absolute atomic E-state index is 0.0607. The fourth-order valence-corrected chi connectivity index (χ4v) is 3.52. The summed E-state index contributed by atoms with van der Waals surface area (Å²) < 4.78 is 11.3. The van der Waals surface area contributed by atoms with E-state index >= 15 is 0 Å². The molecule has 0 unspecified atom stereocenters. The molecule has 0 amide bonds. The van der Waals surface area contributed by atoms with E-state index in [2.05, 4.69) is 4.98 Å². The number of carbonyl (C=O) groups is 1. The van der Waals surface area contributed by atoms with Crippen LogP contribution in [0.25, 0.3) is 22.0 Å². The third kappa shape index (κ3) is 4.86. The molecule has 146 valence electrons. The Kier molecular flexibility index (Phi) is 6.60. The van der Waals surface area contributed by atoms with Crippen molar-refractivity contribution in [1.29, 1.82) is 0 Å². The Hall–Kier alpha value is -2.93. The van der Waals surface area contributed by atoms with Crippen LogP contribution in [0.2, 0.25) is 0 Å². The van der Waals surface area contributed by atoms with Crippen LogP contribution in [0.1, 0.15) is 26.0 Å². The average molecular weight is 398 g/mol. The number of carboxylic acid groups (broad SMARTS) is 1. The lowest BCUT2D eigenvalue weighted by Gasteiger charge is -2.11. The molecule has 28 heavy (non-hydrogen) atoms. The summed E-state index contributed by atoms with van der Waals surface area (Å²) in [6, 6.07) is 11.4. The monoisotopic (exact) mass is 398 g/mol. The number of hydrogen-bond acceptors (Lipinski definition) is 6. The SMILES string of the molecule is CCOc1ccc(-c2nc(-c3cccc(CCC(=O)O)n3)cs2)cc1OCC. The van der Waals surface area contributed by atoms with Crippen molar-refractivity contribution in [2.75, 3.05) is 13.2 Å². The van der Waals surface area contributed by atoms with E-state index in [9.17, 15) is 4.79 Å². The Balaban J connectivity index is 1.85. The molecule has 2 aromatic heterocycles. The average Bonchev–Trinajstić information content (AvgIpc) is 3.19. The quantitative estimate of drug-likeness (QED) is 0.563. The molecular formula is C21H22N2O4S. The molecule has 0 spiro atoms. The normalized spacial score (nSPS) is 10.6. The molecule has 0 bridgehead atoms. The van der Waals surface area contributed by atoms with Gasteiger partial charge in [-0.15, -0.1) is 11.3 Å². The van der Waals surface area contributed by atoms with E-state index in [-0.39, 0.29) is 6.42 Å². The number of pyridine rings is 1. The number of thiazole rings is 1. The Bertz CT molecular complexity index is 955. The molecule has 2 heterocycles. The van der Waals surface area contributed by atoms with Crippen LogP contribution < -0.4 is 9.47 Å². The summed E-state index contributed by atoms with van der Waals surface area (Å²) in [5.74, 6) is 0.592. The van der Waals surface area contributed by atoms with E-state index in [0.717, 1.165) is 33.4 Å². The van der Waals surface area contributed by atoms with Crippen LogP contribution in [-0.4, -0.2) is 34.3 Å². The second-order valence-corrected chi connectivity index (χ2v) is 6.83. The molecule has 1 aromatic carbocycles. The summed E-state index contributed by atoms with van der Waals surface area (Å²) in [7, 11) is 0. The third-order valence-corrected chi connectivity index (χ3v) is 4.85. The smallest absolute Gasteiger partial charge is 0.303 e. The molecule has 0 saturated heterocycles. The Morgan fingerprint density at radius 1 is 1.04 bits per heavy atom. The second kappa shape index (κ2) is 9.32. The maximum Gasteiger partial charge on any atom is 0.303 e. The first kappa shape index (κ1) is 19.8. The van der Waals surface area contributed by atoms with Gasteiger partial charge in [-0.3, -0.25) is 9.78 Å². The maximum atomic E-state index is 10.8. The van der Waals surface area contributed by atoms with Gasteiger partial charge >= 0.3 is 5.97 Å². The number of rotatable bonds is 9. The zero-order chi connectivity index (χ0) is 19.9. The molecule has 0 atom stereocenters. The first-order chi connectivity index (χ1) is 13.6. The number of aryl methyl sites for hydroxylation is 1. The summed E-state index contributed by atoms with van der Waals surface area (Å²) in [6.45, 7) is 5.01. The predicted octanol–water partition coefficient (Wildman–Crippen LogP) is 4.69. The van der Waals surface area contributed by atoms with Crippen molar-refractivity contribution >= 4 is 17.3 Å². The minimum Gasteiger partial charge on any atom is -0.490 e. The fourth-order valence-electron chi connectivity index (χ4n) is 2.70. The van der Waals surface area contributed by atoms with Gasteiger partial charge in [-0.05, 0) is 44.2 Å². The largest absolute Gasteiger partial charge is 0.490 e. The maximum absolute atomic E-state index is 10.8. The van der Waals surface area contributed by atoms with Gasteiger partial charge in [0.15, 0.2) is 11.5 Å². The highest BCUT2D eigenvalue weighted by atomic mass is 32.1. The summed E-state index contributed by atoms with van der Waals surface area (Å²) in [5.41, 5.74) is 3.20. The van der Waals surface area contributed by atoms with Gasteiger partial charge in [-0.2, -0.15) is 0 Å². The first-order valence-electron chi connectivity index (χ1n) is 9.14. The van der Waals surface area contributed by atoms with E-state index in [1.807, 2.05) is 55.6 Å². The number of carboxylic acids is 1. The van der Waals surface area contributed by atoms with Gasteiger partial charge in [0.2, 0.25) is 0 Å². The van der Waals surface area contributed by atoms with Crippen molar-refractivity contribution in [1.82, 2.24) is 9.97 Å². The van der Waals surface area contributed by atoms with Crippen molar-refractivity contribution in [3.63, 3.8) is 0 Å². The predicted molar refractivity (Wildman–Crippen MR) is 109 cm³/mol. The molecule has 0 aliphatic carbocycles. The molecule has 3 aromatic rings. The van der Waals surface area contributed by atoms with Gasteiger partial charge in [0.05, 0.1) is 25.3 Å². The minimum atomic E-state index is -0.830. The second-order valence-electron chi connectivity index (χ2n) is 5.97. The number of hydrogen-bond donors (Lipinski definition) is 1. The van der Waals surface area contributed by atoms with E-state index < -0.39 is 5.97 Å². The number of aromatic nitrogens is 2. The van der Waals surface area contributed by atoms with Crippen molar-refractivity contribution in [3.8, 4) is 33.5 Å². The van der Waals surface area contributed by atoms with Crippen LogP contribution >= 0.6 is 11.3 Å². The van der Waals surface area contributed by atoms with Gasteiger partial charge in [-0.25, -0.2) is 4.98 Å². The molecule has 0 aliphatic rings. The zero-order valence-electron chi connectivity index (χ0n) is 15.8. The van der Waals surface area contributed by atoms with E-state index in [4.69, 9.17) is 19.6 Å². The fraction of sp³-hybridized carbons (Fsp3) is 0.286. The molecule has 7 heteroatoms. The van der Waals surface area contributed by atoms with Gasteiger partial charge < -0.3 is 14.6 Å². The summed E-state index contributed by atoms with van der Waals surface area (Å²) in [4.78, 5) is 20.0. The van der Waals surface area contributed by atoms with Crippen LogP contribution in [0.4, 0.5) is 0 Å². The van der Waals surface area contributed by atoms with E-state index in [1.165, 1.54) is 11.3 Å². The molecule has 1 N–H and O–H groups in total. The Labute approximate surface area is 167 Å². The van der Waals surface area contributed by atoms with Crippen LogP contribution in [0.3, 0.4) is 0 Å². The highest BCUT2D eigenvalue weighted by Gasteiger charge is 2.12. The lowest BCUT2D eigenvalue weighted by Crippen LogP contribution is -1.99. The van der Waals surface area contributed by atoms with E-state index in [1.54, 1.807) is 0 Å². The van der Waals surface area contributed by atoms with Crippen molar-refractivity contribution < 1.29 is 19.4 Å². The zero-order valence-corrected chi connectivity index (χ0v) is 16.7. The van der Waals surface area contributed by atoms with Crippen molar-refractivity contribution in [3.05, 3.63) is 47.5 Å². The van der Waals surface area contributed by atoms with Crippen molar-refractivity contribution in [2.45, 2.75) is 26.7 Å². The lowest BCUT2D eigenvalue weighted by molar-refractivity contribution is -0.136. The molecule has 3 rings (SSSR count). The number of aliphatic carboxylic acids is 1. The van der Waals surface area contributed by atoms with E-state index in [0.29, 0.717) is 25.4 Å². The van der Waals surface area contributed by atoms with Crippen LogP contribution in [0.15, 0.2) is 41.8 Å². The Morgan fingerprint density at radius 3 is 2.57 bits per heavy atom. The highest BCUT2D eigenvalue weighted by Crippen LogP contribution is 2.35. The summed E-state index contributed by atoms with van der Waals surface area (Å²) in [5, 5.41) is 11.7. The number of nitrogens with zero attached hydrogens (tertiary/aromatic N) is 2. The van der Waals surface area contributed by atoms with Crippen LogP contribution in [0, 0.1) is 0 Å². The van der Waals surface area contributed by atoms with Crippen LogP contribution in [-0.2, 0) is 11.2 Å². The summed E-state index contributed by atoms with van der Waals surface area (Å²) >= 11 is 1.53. The van der Waals surface area contributed by atoms with Gasteiger partial charge in [0.1, 0.15) is 10.7 Å². The first-order valence-corrected chi connectivity index (χ1v) is 10.0. The summed E-state index contributed by atoms with van der Waals surface area (Å²) in [6.07, 6.45) is 0.460. The number of benzene rings is 1. The van der Waals surface area contributed by atoms with Gasteiger partial charge in [0.25, 0.3) is 0 Å². The highest BCUT2D eigenvalue weighted by molar-refractivity contribution is 7.13.